The SMILES string of the molecule is Cc1cccc(C[N-]C(C)C)c1Pc1cc(C(C)(C)C)cc(C(C)(C)C)c1O.[Cl][Ti+]. The molecule has 0 aromatic heterocycles. The summed E-state index contributed by atoms with van der Waals surface area (Å²) in [5.41, 5.74) is 4.78. The molecule has 0 saturated carbocycles. The fraction of sp³-hybridized carbons (Fsp3) is 0.520. The Morgan fingerprint density at radius 1 is 1.03 bits per heavy atom. The Labute approximate surface area is 201 Å². The average Bonchev–Trinajstić information content (AvgIpc) is 2.63. The van der Waals surface area contributed by atoms with Crippen LogP contribution in [0.4, 0.5) is 0 Å². The number of hydrogen-bond acceptors (Lipinski definition) is 1. The van der Waals surface area contributed by atoms with Crippen LogP contribution in [0.5, 0.6) is 5.75 Å². The van der Waals surface area contributed by atoms with E-state index >= 15 is 0 Å². The van der Waals surface area contributed by atoms with Crippen molar-refractivity contribution >= 4 is 28.5 Å². The molecule has 0 saturated heterocycles. The molecule has 1 atom stereocenters. The Morgan fingerprint density at radius 3 is 2.13 bits per heavy atom. The fourth-order valence-electron chi connectivity index (χ4n) is 3.19. The predicted octanol–water partition coefficient (Wildman–Crippen LogP) is 6.89. The zero-order valence-corrected chi connectivity index (χ0v) is 23.3. The number of aromatic hydroxyl groups is 1. The Morgan fingerprint density at radius 2 is 1.63 bits per heavy atom. The van der Waals surface area contributed by atoms with Gasteiger partial charge in [-0.25, -0.2) is 0 Å². The second-order valence-electron chi connectivity index (χ2n) is 10.1. The van der Waals surface area contributed by atoms with E-state index in [1.54, 1.807) is 0 Å². The Kier molecular flexibility index (Phi) is 10.6. The molecule has 0 fully saturated rings. The van der Waals surface area contributed by atoms with Gasteiger partial charge in [-0.2, -0.15) is 0 Å². The number of nitrogens with zero attached hydrogens (tertiary/aromatic N) is 1. The molecular weight excluding hydrogens is 445 g/mol. The number of phenolic OH excluding ortho intramolecular Hbond substituents is 1. The van der Waals surface area contributed by atoms with Crippen LogP contribution in [0.15, 0.2) is 30.3 Å². The van der Waals surface area contributed by atoms with E-state index in [-0.39, 0.29) is 10.8 Å². The van der Waals surface area contributed by atoms with Crippen LogP contribution in [-0.2, 0) is 36.7 Å². The van der Waals surface area contributed by atoms with Crippen LogP contribution >= 0.6 is 17.9 Å². The van der Waals surface area contributed by atoms with E-state index in [9.17, 15) is 5.11 Å². The first kappa shape index (κ1) is 27.7. The van der Waals surface area contributed by atoms with Gasteiger partial charge in [0, 0.05) is 10.9 Å². The molecule has 1 unspecified atom stereocenters. The van der Waals surface area contributed by atoms with Gasteiger partial charge in [0.1, 0.15) is 5.75 Å². The summed E-state index contributed by atoms with van der Waals surface area (Å²) < 4.78 is 0. The molecule has 30 heavy (non-hydrogen) atoms. The monoisotopic (exact) mass is 481 g/mol. The van der Waals surface area contributed by atoms with Gasteiger partial charge in [-0.1, -0.05) is 93.8 Å². The molecule has 1 N–H and O–H groups in total. The summed E-state index contributed by atoms with van der Waals surface area (Å²) in [6.07, 6.45) is 0. The Bertz CT molecular complexity index is 838. The summed E-state index contributed by atoms with van der Waals surface area (Å²) in [4.78, 5) is 0. The number of phenols is 1. The molecule has 2 aromatic rings. The summed E-state index contributed by atoms with van der Waals surface area (Å²) in [6.45, 7) is 20.3. The number of hydrogen-bond donors (Lipinski definition) is 1. The van der Waals surface area contributed by atoms with Crippen LogP contribution in [0.1, 0.15) is 77.6 Å². The molecule has 164 valence electrons. The molecule has 0 amide bonds. The first-order valence-electron chi connectivity index (χ1n) is 10.4. The van der Waals surface area contributed by atoms with Crippen molar-refractivity contribution < 1.29 is 24.5 Å². The summed E-state index contributed by atoms with van der Waals surface area (Å²) >= 11 is 1.47. The Balaban J connectivity index is 0.00000218. The maximum atomic E-state index is 11.2. The molecule has 0 aliphatic rings. The molecule has 0 aliphatic carbocycles. The third-order valence-electron chi connectivity index (χ3n) is 5.03. The average molecular weight is 482 g/mol. The second-order valence-corrected chi connectivity index (χ2v) is 11.4. The Hall–Kier alpha value is -0.366. The van der Waals surface area contributed by atoms with Gasteiger partial charge in [0.15, 0.2) is 0 Å². The van der Waals surface area contributed by atoms with Crippen LogP contribution in [0.2, 0.25) is 0 Å². The molecule has 0 aliphatic heterocycles. The second kappa shape index (κ2) is 11.5. The minimum atomic E-state index is -0.105. The third kappa shape index (κ3) is 7.65. The number of rotatable bonds is 5. The van der Waals surface area contributed by atoms with Gasteiger partial charge in [-0.05, 0) is 40.3 Å². The van der Waals surface area contributed by atoms with Crippen LogP contribution in [0.25, 0.3) is 5.32 Å². The van der Waals surface area contributed by atoms with Crippen molar-refractivity contribution in [2.24, 2.45) is 0 Å². The van der Waals surface area contributed by atoms with Crippen LogP contribution in [0.3, 0.4) is 0 Å². The maximum absolute atomic E-state index is 11.2. The van der Waals surface area contributed by atoms with Crippen molar-refractivity contribution in [2.45, 2.75) is 85.7 Å². The van der Waals surface area contributed by atoms with Crippen molar-refractivity contribution in [3.05, 3.63) is 57.9 Å². The molecule has 0 bridgehead atoms. The van der Waals surface area contributed by atoms with Crippen molar-refractivity contribution in [1.29, 1.82) is 0 Å². The van der Waals surface area contributed by atoms with Gasteiger partial charge in [-0.15, -0.1) is 12.6 Å². The topological polar surface area (TPSA) is 34.3 Å². The van der Waals surface area contributed by atoms with Crippen molar-refractivity contribution in [3.8, 4) is 5.75 Å². The van der Waals surface area contributed by atoms with Crippen LogP contribution < -0.4 is 10.6 Å². The fourth-order valence-corrected chi connectivity index (χ4v) is 4.54. The molecular formula is C25H37ClNOPTi. The summed E-state index contributed by atoms with van der Waals surface area (Å²) in [5.74, 6) is 0.453. The summed E-state index contributed by atoms with van der Waals surface area (Å²) in [5, 5.41) is 18.2. The predicted molar refractivity (Wildman–Crippen MR) is 132 cm³/mol. The normalized spacial score (nSPS) is 12.3. The standard InChI is InChI=1S/C25H37NOP.ClH.Ti/c1-16(2)26-15-18-12-10-11-17(3)23(18)28-21-14-19(24(4,5)6)13-20(22(21)27)25(7,8)9;;/h10-14,16,27-28H,15H2,1-9H3;1H;/q-1;;+2/p-1. The van der Waals surface area contributed by atoms with Crippen molar-refractivity contribution in [1.82, 2.24) is 0 Å². The number of halogens is 1. The summed E-state index contributed by atoms with van der Waals surface area (Å²) in [7, 11) is 5.06. The van der Waals surface area contributed by atoms with E-state index in [2.05, 4.69) is 102 Å². The van der Waals surface area contributed by atoms with Gasteiger partial charge in [-0.3, -0.25) is 0 Å². The third-order valence-corrected chi connectivity index (χ3v) is 6.65. The first-order valence-corrected chi connectivity index (χ1v) is 13.5. The molecule has 0 radical (unpaired) electrons. The molecule has 2 nitrogen and oxygen atoms in total. The quantitative estimate of drug-likeness (QED) is 0.366. The van der Waals surface area contributed by atoms with E-state index in [4.69, 9.17) is 5.32 Å². The van der Waals surface area contributed by atoms with E-state index in [1.807, 2.05) is 0 Å². The molecule has 5 heteroatoms. The zero-order chi connectivity index (χ0) is 23.3. The van der Waals surface area contributed by atoms with Crippen molar-refractivity contribution in [2.75, 3.05) is 0 Å². The van der Waals surface area contributed by atoms with Gasteiger partial charge in [0.25, 0.3) is 0 Å². The molecule has 0 heterocycles. The van der Waals surface area contributed by atoms with Crippen LogP contribution in [0, 0.1) is 6.92 Å². The van der Waals surface area contributed by atoms with E-state index < -0.39 is 0 Å². The molecule has 2 aromatic carbocycles. The van der Waals surface area contributed by atoms with Crippen molar-refractivity contribution in [3.63, 3.8) is 0 Å². The number of benzene rings is 2. The van der Waals surface area contributed by atoms with Gasteiger partial charge in [0.2, 0.25) is 0 Å². The van der Waals surface area contributed by atoms with Crippen LogP contribution in [-0.4, -0.2) is 11.1 Å². The van der Waals surface area contributed by atoms with Gasteiger partial charge in [0.05, 0.1) is 0 Å². The molecule has 2 rings (SSSR count). The van der Waals surface area contributed by atoms with Gasteiger partial charge < -0.3 is 10.4 Å². The first-order chi connectivity index (χ1) is 13.8. The summed E-state index contributed by atoms with van der Waals surface area (Å²) in [6, 6.07) is 11.2. The van der Waals surface area contributed by atoms with Gasteiger partial charge >= 0.3 is 28.7 Å². The minimum absolute atomic E-state index is 0.0362. The van der Waals surface area contributed by atoms with E-state index in [0.717, 1.165) is 17.4 Å². The zero-order valence-electron chi connectivity index (χ0n) is 19.9. The number of aryl methyl sites for hydroxylation is 1. The van der Waals surface area contributed by atoms with E-state index in [1.165, 1.54) is 41.4 Å². The molecule has 0 spiro atoms. The van der Waals surface area contributed by atoms with E-state index in [0.29, 0.717) is 20.4 Å².